The first-order valence-corrected chi connectivity index (χ1v) is 5.83. The molecule has 0 aliphatic heterocycles. The second-order valence-electron chi connectivity index (χ2n) is 3.80. The number of amides is 1. The fourth-order valence-corrected chi connectivity index (χ4v) is 1.94. The van der Waals surface area contributed by atoms with Crippen LogP contribution in [-0.4, -0.2) is 23.0 Å². The number of rotatable bonds is 4. The summed E-state index contributed by atoms with van der Waals surface area (Å²) >= 11 is 1.40. The van der Waals surface area contributed by atoms with E-state index in [4.69, 9.17) is 5.11 Å². The van der Waals surface area contributed by atoms with Crippen LogP contribution in [0, 0.1) is 12.8 Å². The third kappa shape index (κ3) is 3.06. The van der Waals surface area contributed by atoms with Crippen LogP contribution in [0.1, 0.15) is 28.4 Å². The Morgan fingerprint density at radius 3 is 2.44 bits per heavy atom. The fourth-order valence-electron chi connectivity index (χ4n) is 1.17. The molecule has 0 radical (unpaired) electrons. The van der Waals surface area contributed by atoms with E-state index < -0.39 is 11.9 Å². The quantitative estimate of drug-likeness (QED) is 0.846. The summed E-state index contributed by atoms with van der Waals surface area (Å²) < 4.78 is 0. The molecule has 0 saturated heterocycles. The molecule has 0 saturated carbocycles. The lowest BCUT2D eigenvalue weighted by Crippen LogP contribution is -2.39. The molecule has 0 aliphatic carbocycles. The summed E-state index contributed by atoms with van der Waals surface area (Å²) in [4.78, 5) is 24.1. The molecule has 1 heterocycles. The smallest absolute Gasteiger partial charge is 0.308 e. The fraction of sp³-hybridized carbons (Fsp3) is 0.455. The van der Waals surface area contributed by atoms with Crippen molar-refractivity contribution < 1.29 is 14.7 Å². The Hall–Kier alpha value is -1.36. The molecule has 16 heavy (non-hydrogen) atoms. The summed E-state index contributed by atoms with van der Waals surface area (Å²) in [6.07, 6.45) is 0. The molecule has 0 spiro atoms. The third-order valence-corrected chi connectivity index (χ3v) is 3.46. The number of carboxylic acids is 1. The lowest BCUT2D eigenvalue weighted by Gasteiger charge is -2.17. The van der Waals surface area contributed by atoms with E-state index in [1.54, 1.807) is 19.9 Å². The van der Waals surface area contributed by atoms with Crippen molar-refractivity contribution in [2.24, 2.45) is 5.92 Å². The molecular formula is C11H15NO3S. The number of hydrogen-bond acceptors (Lipinski definition) is 3. The van der Waals surface area contributed by atoms with E-state index in [-0.39, 0.29) is 11.9 Å². The molecule has 1 aromatic rings. The van der Waals surface area contributed by atoms with Gasteiger partial charge in [-0.15, -0.1) is 11.3 Å². The number of nitrogens with one attached hydrogen (secondary N) is 1. The molecule has 2 unspecified atom stereocenters. The highest BCUT2D eigenvalue weighted by Crippen LogP contribution is 2.15. The van der Waals surface area contributed by atoms with Crippen LogP contribution in [0.3, 0.4) is 0 Å². The van der Waals surface area contributed by atoms with Crippen molar-refractivity contribution in [3.05, 3.63) is 21.9 Å². The van der Waals surface area contributed by atoms with Crippen LogP contribution in [0.2, 0.25) is 0 Å². The molecule has 1 aromatic heterocycles. The Bertz CT molecular complexity index is 400. The first-order chi connectivity index (χ1) is 7.41. The van der Waals surface area contributed by atoms with Gasteiger partial charge in [0.05, 0.1) is 10.8 Å². The summed E-state index contributed by atoms with van der Waals surface area (Å²) in [5.74, 6) is -1.71. The van der Waals surface area contributed by atoms with Gasteiger partial charge >= 0.3 is 5.97 Å². The monoisotopic (exact) mass is 241 g/mol. The second kappa shape index (κ2) is 5.12. The van der Waals surface area contributed by atoms with E-state index >= 15 is 0 Å². The zero-order chi connectivity index (χ0) is 12.3. The van der Waals surface area contributed by atoms with Crippen molar-refractivity contribution in [1.29, 1.82) is 0 Å². The first kappa shape index (κ1) is 12.7. The van der Waals surface area contributed by atoms with Gasteiger partial charge in [0.15, 0.2) is 0 Å². The van der Waals surface area contributed by atoms with Gasteiger partial charge in [-0.1, -0.05) is 0 Å². The normalized spacial score (nSPS) is 14.2. The van der Waals surface area contributed by atoms with Crippen molar-refractivity contribution in [2.75, 3.05) is 0 Å². The standard InChI is InChI=1S/C11H15NO3S/c1-6-4-5-9(16-6)10(13)12-8(3)7(2)11(14)15/h4-5,7-8H,1-3H3,(H,12,13)(H,14,15). The molecule has 4 nitrogen and oxygen atoms in total. The van der Waals surface area contributed by atoms with Gasteiger partial charge in [0, 0.05) is 10.9 Å². The molecule has 88 valence electrons. The number of thiophene rings is 1. The molecule has 1 rings (SSSR count). The van der Waals surface area contributed by atoms with Gasteiger partial charge in [0.25, 0.3) is 5.91 Å². The van der Waals surface area contributed by atoms with Crippen LogP contribution >= 0.6 is 11.3 Å². The Kier molecular flexibility index (Phi) is 4.06. The molecule has 0 fully saturated rings. The van der Waals surface area contributed by atoms with Crippen molar-refractivity contribution in [3.63, 3.8) is 0 Å². The molecule has 2 atom stereocenters. The summed E-state index contributed by atoms with van der Waals surface area (Å²) in [5.41, 5.74) is 0. The molecule has 5 heteroatoms. The number of aliphatic carboxylic acids is 1. The topological polar surface area (TPSA) is 66.4 Å². The predicted molar refractivity (Wildman–Crippen MR) is 62.8 cm³/mol. The van der Waals surface area contributed by atoms with Crippen molar-refractivity contribution in [2.45, 2.75) is 26.8 Å². The lowest BCUT2D eigenvalue weighted by atomic mass is 10.0. The van der Waals surface area contributed by atoms with Crippen molar-refractivity contribution >= 4 is 23.2 Å². The lowest BCUT2D eigenvalue weighted by molar-refractivity contribution is -0.141. The molecule has 2 N–H and O–H groups in total. The average Bonchev–Trinajstić information content (AvgIpc) is 2.63. The van der Waals surface area contributed by atoms with Crippen molar-refractivity contribution in [3.8, 4) is 0 Å². The molecule has 0 aliphatic rings. The highest BCUT2D eigenvalue weighted by Gasteiger charge is 2.21. The molecule has 1 amide bonds. The molecule has 0 aromatic carbocycles. The van der Waals surface area contributed by atoms with E-state index in [0.29, 0.717) is 4.88 Å². The third-order valence-electron chi connectivity index (χ3n) is 2.46. The van der Waals surface area contributed by atoms with Gasteiger partial charge in [0.2, 0.25) is 0 Å². The Labute approximate surface area is 98.3 Å². The molecular weight excluding hydrogens is 226 g/mol. The van der Waals surface area contributed by atoms with Gasteiger partial charge in [-0.2, -0.15) is 0 Å². The predicted octanol–water partition coefficient (Wildman–Crippen LogP) is 1.90. The maximum atomic E-state index is 11.7. The minimum absolute atomic E-state index is 0.210. The van der Waals surface area contributed by atoms with Gasteiger partial charge < -0.3 is 10.4 Å². The highest BCUT2D eigenvalue weighted by molar-refractivity contribution is 7.13. The average molecular weight is 241 g/mol. The summed E-state index contributed by atoms with van der Waals surface area (Å²) in [7, 11) is 0. The maximum Gasteiger partial charge on any atom is 0.308 e. The van der Waals surface area contributed by atoms with Crippen LogP contribution in [0.4, 0.5) is 0 Å². The van der Waals surface area contributed by atoms with Gasteiger partial charge in [-0.05, 0) is 32.9 Å². The van der Waals surface area contributed by atoms with E-state index in [1.807, 2.05) is 13.0 Å². The van der Waals surface area contributed by atoms with Crippen molar-refractivity contribution in [1.82, 2.24) is 5.32 Å². The summed E-state index contributed by atoms with van der Waals surface area (Å²) in [6.45, 7) is 5.19. The SMILES string of the molecule is Cc1ccc(C(=O)NC(C)C(C)C(=O)O)s1. The minimum atomic E-state index is -0.907. The van der Waals surface area contributed by atoms with E-state index in [2.05, 4.69) is 5.32 Å². The zero-order valence-corrected chi connectivity index (χ0v) is 10.3. The largest absolute Gasteiger partial charge is 0.481 e. The van der Waals surface area contributed by atoms with E-state index in [0.717, 1.165) is 4.88 Å². The Balaban J connectivity index is 2.61. The summed E-state index contributed by atoms with van der Waals surface area (Å²) in [5, 5.41) is 11.5. The van der Waals surface area contributed by atoms with Crippen LogP contribution in [0.15, 0.2) is 12.1 Å². The van der Waals surface area contributed by atoms with E-state index in [9.17, 15) is 9.59 Å². The van der Waals surface area contributed by atoms with Crippen LogP contribution in [0.25, 0.3) is 0 Å². The van der Waals surface area contributed by atoms with Crippen LogP contribution < -0.4 is 5.32 Å². The van der Waals surface area contributed by atoms with Crippen LogP contribution in [-0.2, 0) is 4.79 Å². The number of carbonyl (C=O) groups is 2. The van der Waals surface area contributed by atoms with Gasteiger partial charge in [-0.3, -0.25) is 9.59 Å². The minimum Gasteiger partial charge on any atom is -0.481 e. The number of carbonyl (C=O) groups excluding carboxylic acids is 1. The number of hydrogen-bond donors (Lipinski definition) is 2. The summed E-state index contributed by atoms with van der Waals surface area (Å²) in [6, 6.07) is 3.23. The van der Waals surface area contributed by atoms with E-state index in [1.165, 1.54) is 11.3 Å². The van der Waals surface area contributed by atoms with Crippen LogP contribution in [0.5, 0.6) is 0 Å². The first-order valence-electron chi connectivity index (χ1n) is 5.02. The molecule has 0 bridgehead atoms. The zero-order valence-electron chi connectivity index (χ0n) is 9.48. The Morgan fingerprint density at radius 1 is 1.38 bits per heavy atom. The highest BCUT2D eigenvalue weighted by atomic mass is 32.1. The maximum absolute atomic E-state index is 11.7. The Morgan fingerprint density at radius 2 is 2.00 bits per heavy atom. The second-order valence-corrected chi connectivity index (χ2v) is 5.09. The van der Waals surface area contributed by atoms with Gasteiger partial charge in [0.1, 0.15) is 0 Å². The van der Waals surface area contributed by atoms with Gasteiger partial charge in [-0.25, -0.2) is 0 Å². The number of carboxylic acid groups (broad SMARTS) is 1. The number of aryl methyl sites for hydroxylation is 1.